The van der Waals surface area contributed by atoms with Gasteiger partial charge in [-0.25, -0.2) is 10.4 Å². The van der Waals surface area contributed by atoms with Gasteiger partial charge >= 0.3 is 0 Å². The molecule has 0 fully saturated rings. The first-order valence-corrected chi connectivity index (χ1v) is 9.54. The molecule has 1 heterocycles. The number of hydrazone groups is 1. The van der Waals surface area contributed by atoms with Crippen LogP contribution in [0.2, 0.25) is 5.02 Å². The topological polar surface area (TPSA) is 70.1 Å². The van der Waals surface area contributed by atoms with Gasteiger partial charge in [-0.05, 0) is 66.9 Å². The van der Waals surface area contributed by atoms with Crippen LogP contribution < -0.4 is 5.43 Å². The molecule has 0 saturated carbocycles. The number of halogens is 1. The zero-order chi connectivity index (χ0) is 20.4. The summed E-state index contributed by atoms with van der Waals surface area (Å²) in [4.78, 5) is 20.3. The van der Waals surface area contributed by atoms with E-state index in [4.69, 9.17) is 11.6 Å². The van der Waals surface area contributed by atoms with E-state index in [0.717, 1.165) is 28.0 Å². The number of aromatic nitrogens is 2. The fourth-order valence-corrected chi connectivity index (χ4v) is 3.20. The molecule has 0 aliphatic rings. The van der Waals surface area contributed by atoms with E-state index in [1.54, 1.807) is 30.5 Å². The minimum atomic E-state index is -0.286. The molecular formula is C23H19ClN4O. The fraction of sp³-hybridized carbons (Fsp3) is 0.0870. The minimum absolute atomic E-state index is 0.286. The van der Waals surface area contributed by atoms with Crippen molar-refractivity contribution in [3.63, 3.8) is 0 Å². The van der Waals surface area contributed by atoms with E-state index in [0.29, 0.717) is 10.6 Å². The molecule has 6 heteroatoms. The number of aromatic amines is 1. The van der Waals surface area contributed by atoms with Gasteiger partial charge in [-0.1, -0.05) is 35.9 Å². The number of fused-ring (bicyclic) bond motifs is 1. The van der Waals surface area contributed by atoms with E-state index in [1.165, 1.54) is 11.1 Å². The van der Waals surface area contributed by atoms with Gasteiger partial charge in [-0.2, -0.15) is 5.10 Å². The van der Waals surface area contributed by atoms with Crippen LogP contribution in [0, 0.1) is 13.8 Å². The molecule has 0 bridgehead atoms. The lowest BCUT2D eigenvalue weighted by molar-refractivity contribution is 0.0955. The quantitative estimate of drug-likeness (QED) is 0.361. The number of amides is 1. The summed E-state index contributed by atoms with van der Waals surface area (Å²) in [6.45, 7) is 4.16. The predicted molar refractivity (Wildman–Crippen MR) is 118 cm³/mol. The maximum absolute atomic E-state index is 12.3. The van der Waals surface area contributed by atoms with Gasteiger partial charge in [0.1, 0.15) is 5.82 Å². The van der Waals surface area contributed by atoms with Crippen molar-refractivity contribution in [2.75, 3.05) is 0 Å². The maximum Gasteiger partial charge on any atom is 0.271 e. The molecule has 144 valence electrons. The third kappa shape index (κ3) is 4.20. The summed E-state index contributed by atoms with van der Waals surface area (Å²) >= 11 is 5.93. The van der Waals surface area contributed by atoms with E-state index in [-0.39, 0.29) is 5.91 Å². The average molecular weight is 403 g/mol. The summed E-state index contributed by atoms with van der Waals surface area (Å²) in [7, 11) is 0. The molecule has 0 aliphatic heterocycles. The van der Waals surface area contributed by atoms with Crippen LogP contribution in [0.5, 0.6) is 0 Å². The number of nitrogens with zero attached hydrogens (tertiary/aromatic N) is 2. The number of hydrogen-bond donors (Lipinski definition) is 2. The summed E-state index contributed by atoms with van der Waals surface area (Å²) in [6.07, 6.45) is 1.55. The molecule has 0 aliphatic carbocycles. The second kappa shape index (κ2) is 7.89. The second-order valence-corrected chi connectivity index (χ2v) is 7.31. The van der Waals surface area contributed by atoms with Crippen LogP contribution in [0.15, 0.2) is 65.8 Å². The third-order valence-corrected chi connectivity index (χ3v) is 4.98. The van der Waals surface area contributed by atoms with Gasteiger partial charge in [-0.3, -0.25) is 4.79 Å². The molecule has 1 amide bonds. The SMILES string of the molecule is Cc1cc2nc(-c3ccc(C(=O)N/N=C/c4cccc(Cl)c4)cc3)[nH]c2cc1C. The van der Waals surface area contributed by atoms with Crippen LogP contribution in [0.4, 0.5) is 0 Å². The van der Waals surface area contributed by atoms with Crippen molar-refractivity contribution in [1.82, 2.24) is 15.4 Å². The molecule has 0 unspecified atom stereocenters. The summed E-state index contributed by atoms with van der Waals surface area (Å²) in [5.41, 5.74) is 9.12. The first-order chi connectivity index (χ1) is 14.0. The smallest absolute Gasteiger partial charge is 0.271 e. The Hall–Kier alpha value is -3.44. The second-order valence-electron chi connectivity index (χ2n) is 6.87. The molecule has 4 aromatic rings. The first kappa shape index (κ1) is 18.9. The highest BCUT2D eigenvalue weighted by molar-refractivity contribution is 6.30. The highest BCUT2D eigenvalue weighted by Gasteiger charge is 2.09. The van der Waals surface area contributed by atoms with E-state index in [1.807, 2.05) is 24.3 Å². The van der Waals surface area contributed by atoms with E-state index in [2.05, 4.69) is 46.5 Å². The Balaban J connectivity index is 1.48. The zero-order valence-corrected chi connectivity index (χ0v) is 16.8. The van der Waals surface area contributed by atoms with E-state index >= 15 is 0 Å². The van der Waals surface area contributed by atoms with Gasteiger partial charge in [0.25, 0.3) is 5.91 Å². The van der Waals surface area contributed by atoms with Gasteiger partial charge in [0.15, 0.2) is 0 Å². The number of carbonyl (C=O) groups excluding carboxylic acids is 1. The lowest BCUT2D eigenvalue weighted by Gasteiger charge is -2.02. The predicted octanol–water partition coefficient (Wildman–Crippen LogP) is 5.26. The van der Waals surface area contributed by atoms with Crippen LogP contribution in [-0.2, 0) is 0 Å². The lowest BCUT2D eigenvalue weighted by atomic mass is 10.1. The van der Waals surface area contributed by atoms with Gasteiger partial charge in [0, 0.05) is 16.1 Å². The van der Waals surface area contributed by atoms with Crippen molar-refractivity contribution in [3.05, 3.63) is 87.9 Å². The van der Waals surface area contributed by atoms with Crippen molar-refractivity contribution >= 4 is 34.8 Å². The number of aryl methyl sites for hydroxylation is 2. The van der Waals surface area contributed by atoms with Crippen molar-refractivity contribution in [2.45, 2.75) is 13.8 Å². The number of H-pyrrole nitrogens is 1. The number of benzene rings is 3. The highest BCUT2D eigenvalue weighted by atomic mass is 35.5. The van der Waals surface area contributed by atoms with Gasteiger partial charge in [0.05, 0.1) is 17.2 Å². The Labute approximate surface area is 173 Å². The Kier molecular flexibility index (Phi) is 5.14. The normalized spacial score (nSPS) is 11.3. The Morgan fingerprint density at radius 1 is 1.07 bits per heavy atom. The number of carbonyl (C=O) groups is 1. The molecule has 0 saturated heterocycles. The molecule has 4 rings (SSSR count). The van der Waals surface area contributed by atoms with Crippen LogP contribution in [0.25, 0.3) is 22.4 Å². The largest absolute Gasteiger partial charge is 0.338 e. The average Bonchev–Trinajstić information content (AvgIpc) is 3.11. The van der Waals surface area contributed by atoms with Crippen LogP contribution >= 0.6 is 11.6 Å². The van der Waals surface area contributed by atoms with Crippen molar-refractivity contribution in [2.24, 2.45) is 5.10 Å². The molecule has 2 N–H and O–H groups in total. The molecular weight excluding hydrogens is 384 g/mol. The zero-order valence-electron chi connectivity index (χ0n) is 16.0. The first-order valence-electron chi connectivity index (χ1n) is 9.16. The van der Waals surface area contributed by atoms with E-state index in [9.17, 15) is 4.79 Å². The van der Waals surface area contributed by atoms with Gasteiger partial charge in [0.2, 0.25) is 0 Å². The van der Waals surface area contributed by atoms with Crippen molar-refractivity contribution in [1.29, 1.82) is 0 Å². The molecule has 5 nitrogen and oxygen atoms in total. The summed E-state index contributed by atoms with van der Waals surface area (Å²) < 4.78 is 0. The van der Waals surface area contributed by atoms with E-state index < -0.39 is 0 Å². The minimum Gasteiger partial charge on any atom is -0.338 e. The van der Waals surface area contributed by atoms with Crippen molar-refractivity contribution < 1.29 is 4.79 Å². The summed E-state index contributed by atoms with van der Waals surface area (Å²) in [5.74, 6) is 0.488. The Morgan fingerprint density at radius 3 is 2.59 bits per heavy atom. The van der Waals surface area contributed by atoms with Gasteiger partial charge in [-0.15, -0.1) is 0 Å². The standard InChI is InChI=1S/C23H19ClN4O/c1-14-10-20-21(11-15(14)2)27-22(26-20)17-6-8-18(9-7-17)23(29)28-25-13-16-4-3-5-19(24)12-16/h3-13H,1-2H3,(H,26,27)(H,28,29)/b25-13+. The van der Waals surface area contributed by atoms with Crippen LogP contribution in [0.1, 0.15) is 27.0 Å². The lowest BCUT2D eigenvalue weighted by Crippen LogP contribution is -2.17. The summed E-state index contributed by atoms with van der Waals surface area (Å²) in [6, 6.07) is 18.6. The number of imidazole rings is 1. The molecule has 3 aromatic carbocycles. The Bertz CT molecular complexity index is 1190. The maximum atomic E-state index is 12.3. The molecule has 0 atom stereocenters. The molecule has 1 aromatic heterocycles. The fourth-order valence-electron chi connectivity index (χ4n) is 3.00. The third-order valence-electron chi connectivity index (χ3n) is 4.75. The number of rotatable bonds is 4. The number of hydrogen-bond acceptors (Lipinski definition) is 3. The highest BCUT2D eigenvalue weighted by Crippen LogP contribution is 2.23. The van der Waals surface area contributed by atoms with Crippen LogP contribution in [0.3, 0.4) is 0 Å². The molecule has 0 spiro atoms. The summed E-state index contributed by atoms with van der Waals surface area (Å²) in [5, 5.41) is 4.60. The molecule has 0 radical (unpaired) electrons. The van der Waals surface area contributed by atoms with Crippen LogP contribution in [-0.4, -0.2) is 22.1 Å². The molecule has 29 heavy (non-hydrogen) atoms. The number of nitrogens with one attached hydrogen (secondary N) is 2. The van der Waals surface area contributed by atoms with Gasteiger partial charge < -0.3 is 4.98 Å². The van der Waals surface area contributed by atoms with Crippen molar-refractivity contribution in [3.8, 4) is 11.4 Å². The monoisotopic (exact) mass is 402 g/mol. The Morgan fingerprint density at radius 2 is 1.83 bits per heavy atom.